The predicted octanol–water partition coefficient (Wildman–Crippen LogP) is 5.70. The minimum absolute atomic E-state index is 0.133. The van der Waals surface area contributed by atoms with Gasteiger partial charge in [-0.15, -0.1) is 0 Å². The monoisotopic (exact) mass is 438 g/mol. The second-order valence-electron chi connectivity index (χ2n) is 7.53. The number of nitrogens with zero attached hydrogens (tertiary/aromatic N) is 2. The van der Waals surface area contributed by atoms with Gasteiger partial charge in [0.2, 0.25) is 0 Å². The van der Waals surface area contributed by atoms with Gasteiger partial charge in [-0.1, -0.05) is 54.6 Å². The number of hydrogen-bond acceptors (Lipinski definition) is 4. The van der Waals surface area contributed by atoms with Crippen LogP contribution in [0.1, 0.15) is 12.0 Å². The van der Waals surface area contributed by atoms with Crippen LogP contribution in [0.3, 0.4) is 0 Å². The van der Waals surface area contributed by atoms with Crippen molar-refractivity contribution >= 4 is 6.08 Å². The Balaban J connectivity index is 1.68. The van der Waals surface area contributed by atoms with Gasteiger partial charge in [0.1, 0.15) is 11.5 Å². The number of hydrogen-bond donors (Lipinski definition) is 0. The summed E-state index contributed by atoms with van der Waals surface area (Å²) in [6.07, 6.45) is 4.82. The van der Waals surface area contributed by atoms with E-state index in [9.17, 15) is 4.79 Å². The molecule has 1 aromatic heterocycles. The van der Waals surface area contributed by atoms with Crippen molar-refractivity contribution in [2.45, 2.75) is 13.0 Å². The molecular weight excluding hydrogens is 412 g/mol. The van der Waals surface area contributed by atoms with Gasteiger partial charge in [-0.05, 0) is 53.9 Å². The number of ether oxygens (including phenoxy) is 2. The van der Waals surface area contributed by atoms with Crippen molar-refractivity contribution in [1.82, 2.24) is 9.78 Å². The fourth-order valence-corrected chi connectivity index (χ4v) is 3.58. The van der Waals surface area contributed by atoms with Crippen molar-refractivity contribution in [3.05, 3.63) is 107 Å². The SMILES string of the molecule is COc1ccc(-c2cc(=O)n(CC/C=C/c3ccccc3)nc2-c2ccc(OC)cc2)cc1. The molecule has 0 spiro atoms. The first-order valence-electron chi connectivity index (χ1n) is 10.8. The van der Waals surface area contributed by atoms with Gasteiger partial charge in [-0.2, -0.15) is 5.10 Å². The molecule has 5 nitrogen and oxygen atoms in total. The van der Waals surface area contributed by atoms with Crippen molar-refractivity contribution in [1.29, 1.82) is 0 Å². The summed E-state index contributed by atoms with van der Waals surface area (Å²) >= 11 is 0. The summed E-state index contributed by atoms with van der Waals surface area (Å²) in [6.45, 7) is 0.494. The Hall–Kier alpha value is -4.12. The van der Waals surface area contributed by atoms with E-state index in [1.54, 1.807) is 20.3 Å². The molecule has 0 aliphatic rings. The lowest BCUT2D eigenvalue weighted by Crippen LogP contribution is -2.23. The zero-order valence-corrected chi connectivity index (χ0v) is 18.8. The molecule has 0 N–H and O–H groups in total. The Labute approximate surface area is 193 Å². The molecule has 0 aliphatic heterocycles. The largest absolute Gasteiger partial charge is 0.497 e. The van der Waals surface area contributed by atoms with Crippen molar-refractivity contribution in [2.75, 3.05) is 14.2 Å². The summed E-state index contributed by atoms with van der Waals surface area (Å²) in [6, 6.07) is 27.1. The van der Waals surface area contributed by atoms with Crippen LogP contribution < -0.4 is 15.0 Å². The van der Waals surface area contributed by atoms with E-state index in [4.69, 9.17) is 14.6 Å². The molecule has 166 valence electrons. The summed E-state index contributed by atoms with van der Waals surface area (Å²) in [5, 5.41) is 4.76. The first kappa shape index (κ1) is 22.1. The molecule has 0 amide bonds. The fourth-order valence-electron chi connectivity index (χ4n) is 3.58. The molecule has 0 unspecified atom stereocenters. The molecule has 0 saturated heterocycles. The minimum atomic E-state index is -0.133. The van der Waals surface area contributed by atoms with Crippen molar-refractivity contribution in [3.63, 3.8) is 0 Å². The number of benzene rings is 3. The van der Waals surface area contributed by atoms with Crippen molar-refractivity contribution in [2.24, 2.45) is 0 Å². The topological polar surface area (TPSA) is 53.4 Å². The average Bonchev–Trinajstić information content (AvgIpc) is 2.88. The first-order chi connectivity index (χ1) is 16.2. The van der Waals surface area contributed by atoms with Crippen LogP contribution in [0.25, 0.3) is 28.5 Å². The smallest absolute Gasteiger partial charge is 0.267 e. The van der Waals surface area contributed by atoms with Gasteiger partial charge in [-0.25, -0.2) is 4.68 Å². The molecule has 0 fully saturated rings. The highest BCUT2D eigenvalue weighted by Crippen LogP contribution is 2.31. The van der Waals surface area contributed by atoms with E-state index in [1.165, 1.54) is 4.68 Å². The molecule has 33 heavy (non-hydrogen) atoms. The molecular formula is C28H26N2O3. The van der Waals surface area contributed by atoms with E-state index in [0.29, 0.717) is 13.0 Å². The highest BCUT2D eigenvalue weighted by molar-refractivity contribution is 5.80. The van der Waals surface area contributed by atoms with Crippen molar-refractivity contribution in [3.8, 4) is 33.9 Å². The van der Waals surface area contributed by atoms with Crippen LogP contribution in [0.4, 0.5) is 0 Å². The van der Waals surface area contributed by atoms with Gasteiger partial charge in [0.25, 0.3) is 5.56 Å². The number of methoxy groups -OCH3 is 2. The fraction of sp³-hybridized carbons (Fsp3) is 0.143. The average molecular weight is 439 g/mol. The number of rotatable bonds is 8. The quantitative estimate of drug-likeness (QED) is 0.354. The zero-order chi connectivity index (χ0) is 23.0. The van der Waals surface area contributed by atoms with Crippen molar-refractivity contribution < 1.29 is 9.47 Å². The normalized spacial score (nSPS) is 11.0. The van der Waals surface area contributed by atoms with E-state index in [-0.39, 0.29) is 5.56 Å². The maximum absolute atomic E-state index is 12.9. The summed E-state index contributed by atoms with van der Waals surface area (Å²) in [5.41, 5.74) is 4.34. The number of aromatic nitrogens is 2. The van der Waals surface area contributed by atoms with Gasteiger partial charge in [0.15, 0.2) is 0 Å². The summed E-state index contributed by atoms with van der Waals surface area (Å²) in [7, 11) is 3.27. The number of allylic oxidation sites excluding steroid dienone is 1. The Morgan fingerprint density at radius 1 is 0.818 bits per heavy atom. The predicted molar refractivity (Wildman–Crippen MR) is 133 cm³/mol. The molecule has 0 aliphatic carbocycles. The maximum atomic E-state index is 12.9. The van der Waals surface area contributed by atoms with Crippen LogP contribution in [-0.4, -0.2) is 24.0 Å². The molecule has 1 heterocycles. The van der Waals surface area contributed by atoms with Crippen LogP contribution in [0.2, 0.25) is 0 Å². The Kier molecular flexibility index (Phi) is 7.00. The second-order valence-corrected chi connectivity index (χ2v) is 7.53. The lowest BCUT2D eigenvalue weighted by Gasteiger charge is -2.13. The molecule has 0 bridgehead atoms. The van der Waals surface area contributed by atoms with Crippen LogP contribution in [0, 0.1) is 0 Å². The molecule has 5 heteroatoms. The van der Waals surface area contributed by atoms with Gasteiger partial charge in [0.05, 0.1) is 19.9 Å². The third-order valence-corrected chi connectivity index (χ3v) is 5.38. The standard InChI is InChI=1S/C28H26N2O3/c1-32-24-15-11-22(12-16-24)26-20-27(31)30(19-7-6-10-21-8-4-3-5-9-21)29-28(26)23-13-17-25(33-2)18-14-23/h3-6,8-18,20H,7,19H2,1-2H3/b10-6+. The van der Waals surface area contributed by atoms with E-state index < -0.39 is 0 Å². The van der Waals surface area contributed by atoms with Gasteiger partial charge < -0.3 is 9.47 Å². The van der Waals surface area contributed by atoms with E-state index >= 15 is 0 Å². The number of aryl methyl sites for hydroxylation is 1. The highest BCUT2D eigenvalue weighted by atomic mass is 16.5. The van der Waals surface area contributed by atoms with E-state index in [1.807, 2.05) is 78.9 Å². The van der Waals surface area contributed by atoms with Crippen LogP contribution in [0.15, 0.2) is 95.8 Å². The lowest BCUT2D eigenvalue weighted by atomic mass is 10.00. The molecule has 0 saturated carbocycles. The molecule has 0 atom stereocenters. The molecule has 4 aromatic rings. The maximum Gasteiger partial charge on any atom is 0.267 e. The van der Waals surface area contributed by atoms with Gasteiger partial charge in [0, 0.05) is 23.7 Å². The minimum Gasteiger partial charge on any atom is -0.497 e. The Morgan fingerprint density at radius 2 is 1.42 bits per heavy atom. The van der Waals surface area contributed by atoms with E-state index in [0.717, 1.165) is 39.4 Å². The molecule has 3 aromatic carbocycles. The third kappa shape index (κ3) is 5.39. The molecule has 4 rings (SSSR count). The summed E-state index contributed by atoms with van der Waals surface area (Å²) in [5.74, 6) is 1.53. The van der Waals surface area contributed by atoms with E-state index in [2.05, 4.69) is 12.2 Å². The zero-order valence-electron chi connectivity index (χ0n) is 18.8. The Morgan fingerprint density at radius 3 is 2.03 bits per heavy atom. The van der Waals surface area contributed by atoms with Gasteiger partial charge >= 0.3 is 0 Å². The van der Waals surface area contributed by atoms with Crippen LogP contribution in [0.5, 0.6) is 11.5 Å². The van der Waals surface area contributed by atoms with Crippen LogP contribution >= 0.6 is 0 Å². The third-order valence-electron chi connectivity index (χ3n) is 5.38. The van der Waals surface area contributed by atoms with Crippen LogP contribution in [-0.2, 0) is 6.54 Å². The summed E-state index contributed by atoms with van der Waals surface area (Å²) < 4.78 is 12.1. The Bertz CT molecular complexity index is 1280. The second kappa shape index (κ2) is 10.5. The summed E-state index contributed by atoms with van der Waals surface area (Å²) in [4.78, 5) is 12.9. The lowest BCUT2D eigenvalue weighted by molar-refractivity contribution is 0.414. The molecule has 0 radical (unpaired) electrons. The first-order valence-corrected chi connectivity index (χ1v) is 10.8. The highest BCUT2D eigenvalue weighted by Gasteiger charge is 2.13. The van der Waals surface area contributed by atoms with Gasteiger partial charge in [-0.3, -0.25) is 4.79 Å².